The highest BCUT2D eigenvalue weighted by Crippen LogP contribution is 2.31. The van der Waals surface area contributed by atoms with Gasteiger partial charge in [-0.3, -0.25) is 9.88 Å². The Labute approximate surface area is 114 Å². The van der Waals surface area contributed by atoms with E-state index in [1.165, 1.54) is 29.2 Å². The van der Waals surface area contributed by atoms with Crippen LogP contribution in [0.25, 0.3) is 10.8 Å². The van der Waals surface area contributed by atoms with Gasteiger partial charge >= 0.3 is 0 Å². The number of nitrogens with zero attached hydrogens (tertiary/aromatic N) is 2. The highest BCUT2D eigenvalue weighted by molar-refractivity contribution is 5.85. The third kappa shape index (κ3) is 2.24. The zero-order valence-electron chi connectivity index (χ0n) is 11.4. The number of benzene rings is 1. The Kier molecular flexibility index (Phi) is 3.49. The minimum absolute atomic E-state index is 0.288. The molecule has 1 aliphatic rings. The molecule has 0 bridgehead atoms. The lowest BCUT2D eigenvalue weighted by molar-refractivity contribution is 0.196. The summed E-state index contributed by atoms with van der Waals surface area (Å²) in [5.74, 6) is 0. The lowest BCUT2D eigenvalue weighted by atomic mass is 10.00. The summed E-state index contributed by atoms with van der Waals surface area (Å²) in [5.41, 5.74) is 7.34. The quantitative estimate of drug-likeness (QED) is 0.917. The van der Waals surface area contributed by atoms with E-state index in [-0.39, 0.29) is 6.04 Å². The van der Waals surface area contributed by atoms with Gasteiger partial charge < -0.3 is 5.73 Å². The molecule has 0 spiro atoms. The molecule has 1 aliphatic heterocycles. The number of fused-ring (bicyclic) bond motifs is 1. The van der Waals surface area contributed by atoms with Gasteiger partial charge in [0.25, 0.3) is 0 Å². The Balaban J connectivity index is 2.06. The molecule has 2 atom stereocenters. The standard InChI is InChI=1S/C16H21N3/c1-12-5-4-8-19(12)16(9-17)15-11-18-10-13-6-2-3-7-14(13)15/h2-3,6-7,10-12,16H,4-5,8-9,17H2,1H3. The van der Waals surface area contributed by atoms with E-state index < -0.39 is 0 Å². The third-order valence-electron chi connectivity index (χ3n) is 4.29. The van der Waals surface area contributed by atoms with Gasteiger partial charge in [-0.25, -0.2) is 0 Å². The SMILES string of the molecule is CC1CCCN1C(CN)c1cncc2ccccc12. The summed E-state index contributed by atoms with van der Waals surface area (Å²) in [4.78, 5) is 6.93. The fourth-order valence-corrected chi connectivity index (χ4v) is 3.26. The van der Waals surface area contributed by atoms with E-state index in [1.807, 2.05) is 12.4 Å². The largest absolute Gasteiger partial charge is 0.329 e. The minimum Gasteiger partial charge on any atom is -0.329 e. The Morgan fingerprint density at radius 1 is 1.37 bits per heavy atom. The van der Waals surface area contributed by atoms with Crippen LogP contribution in [0.4, 0.5) is 0 Å². The second kappa shape index (κ2) is 5.27. The van der Waals surface area contributed by atoms with Crippen molar-refractivity contribution in [2.24, 2.45) is 5.73 Å². The first-order valence-electron chi connectivity index (χ1n) is 7.09. The maximum absolute atomic E-state index is 6.07. The number of hydrogen-bond acceptors (Lipinski definition) is 3. The van der Waals surface area contributed by atoms with Crippen LogP contribution < -0.4 is 5.73 Å². The third-order valence-corrected chi connectivity index (χ3v) is 4.29. The highest BCUT2D eigenvalue weighted by atomic mass is 15.2. The maximum atomic E-state index is 6.07. The molecule has 0 aliphatic carbocycles. The monoisotopic (exact) mass is 255 g/mol. The van der Waals surface area contributed by atoms with Crippen LogP contribution in [-0.2, 0) is 0 Å². The molecule has 100 valence electrons. The highest BCUT2D eigenvalue weighted by Gasteiger charge is 2.28. The molecule has 1 saturated heterocycles. The Bertz CT molecular complexity index is 561. The molecular formula is C16H21N3. The molecule has 1 aromatic heterocycles. The van der Waals surface area contributed by atoms with Crippen molar-refractivity contribution >= 4 is 10.8 Å². The molecule has 2 heterocycles. The fraction of sp³-hybridized carbons (Fsp3) is 0.438. The Morgan fingerprint density at radius 3 is 2.95 bits per heavy atom. The van der Waals surface area contributed by atoms with Crippen molar-refractivity contribution in [3.8, 4) is 0 Å². The molecular weight excluding hydrogens is 234 g/mol. The first-order valence-corrected chi connectivity index (χ1v) is 7.09. The molecule has 2 N–H and O–H groups in total. The second-order valence-electron chi connectivity index (χ2n) is 5.43. The number of pyridine rings is 1. The van der Waals surface area contributed by atoms with E-state index in [0.29, 0.717) is 12.6 Å². The Morgan fingerprint density at radius 2 is 2.21 bits per heavy atom. The van der Waals surface area contributed by atoms with Crippen molar-refractivity contribution < 1.29 is 0 Å². The first-order chi connectivity index (χ1) is 9.31. The molecule has 3 rings (SSSR count). The van der Waals surface area contributed by atoms with Crippen LogP contribution >= 0.6 is 0 Å². The summed E-state index contributed by atoms with van der Waals surface area (Å²) in [6.45, 7) is 4.10. The van der Waals surface area contributed by atoms with Crippen molar-refractivity contribution in [3.63, 3.8) is 0 Å². The zero-order chi connectivity index (χ0) is 13.2. The number of hydrogen-bond donors (Lipinski definition) is 1. The molecule has 2 aromatic rings. The minimum atomic E-state index is 0.288. The number of likely N-dealkylation sites (tertiary alicyclic amines) is 1. The molecule has 1 aromatic carbocycles. The molecule has 2 unspecified atom stereocenters. The molecule has 0 radical (unpaired) electrons. The summed E-state index contributed by atoms with van der Waals surface area (Å²) in [6.07, 6.45) is 6.47. The van der Waals surface area contributed by atoms with E-state index in [0.717, 1.165) is 6.54 Å². The van der Waals surface area contributed by atoms with E-state index >= 15 is 0 Å². The normalized spacial score (nSPS) is 21.9. The smallest absolute Gasteiger partial charge is 0.0494 e. The van der Waals surface area contributed by atoms with E-state index in [4.69, 9.17) is 5.73 Å². The zero-order valence-corrected chi connectivity index (χ0v) is 11.4. The summed E-state index contributed by atoms with van der Waals surface area (Å²) < 4.78 is 0. The van der Waals surface area contributed by atoms with Crippen LogP contribution in [0.1, 0.15) is 31.4 Å². The van der Waals surface area contributed by atoms with Crippen LogP contribution in [0, 0.1) is 0 Å². The summed E-state index contributed by atoms with van der Waals surface area (Å²) in [7, 11) is 0. The van der Waals surface area contributed by atoms with Crippen LogP contribution in [0.5, 0.6) is 0 Å². The van der Waals surface area contributed by atoms with Gasteiger partial charge in [0.1, 0.15) is 0 Å². The topological polar surface area (TPSA) is 42.1 Å². The molecule has 0 saturated carbocycles. The second-order valence-corrected chi connectivity index (χ2v) is 5.43. The number of nitrogens with two attached hydrogens (primary N) is 1. The first kappa shape index (κ1) is 12.6. The summed E-state index contributed by atoms with van der Waals surface area (Å²) in [6, 6.07) is 9.35. The van der Waals surface area contributed by atoms with Gasteiger partial charge in [-0.15, -0.1) is 0 Å². The fourth-order valence-electron chi connectivity index (χ4n) is 3.26. The van der Waals surface area contributed by atoms with Crippen molar-refractivity contribution in [1.82, 2.24) is 9.88 Å². The van der Waals surface area contributed by atoms with Gasteiger partial charge in [0.05, 0.1) is 0 Å². The molecule has 0 amide bonds. The summed E-state index contributed by atoms with van der Waals surface area (Å²) in [5, 5.41) is 2.48. The van der Waals surface area contributed by atoms with Crippen molar-refractivity contribution in [3.05, 3.63) is 42.2 Å². The van der Waals surface area contributed by atoms with Gasteiger partial charge in [0.2, 0.25) is 0 Å². The predicted molar refractivity (Wildman–Crippen MR) is 78.9 cm³/mol. The molecule has 3 nitrogen and oxygen atoms in total. The molecule has 1 fully saturated rings. The molecule has 3 heteroatoms. The van der Waals surface area contributed by atoms with Crippen LogP contribution in [0.2, 0.25) is 0 Å². The maximum Gasteiger partial charge on any atom is 0.0494 e. The van der Waals surface area contributed by atoms with Crippen molar-refractivity contribution in [1.29, 1.82) is 0 Å². The van der Waals surface area contributed by atoms with E-state index in [9.17, 15) is 0 Å². The number of rotatable bonds is 3. The van der Waals surface area contributed by atoms with E-state index in [1.54, 1.807) is 0 Å². The van der Waals surface area contributed by atoms with Gasteiger partial charge in [0, 0.05) is 36.4 Å². The lowest BCUT2D eigenvalue weighted by Crippen LogP contribution is -2.36. The van der Waals surface area contributed by atoms with Crippen molar-refractivity contribution in [2.75, 3.05) is 13.1 Å². The van der Waals surface area contributed by atoms with Gasteiger partial charge in [-0.1, -0.05) is 24.3 Å². The van der Waals surface area contributed by atoms with Crippen LogP contribution in [0.15, 0.2) is 36.7 Å². The lowest BCUT2D eigenvalue weighted by Gasteiger charge is -2.31. The van der Waals surface area contributed by atoms with Gasteiger partial charge in [0.15, 0.2) is 0 Å². The Hall–Kier alpha value is -1.45. The van der Waals surface area contributed by atoms with Gasteiger partial charge in [-0.05, 0) is 37.3 Å². The average Bonchev–Trinajstić information content (AvgIpc) is 2.86. The van der Waals surface area contributed by atoms with Gasteiger partial charge in [-0.2, -0.15) is 0 Å². The van der Waals surface area contributed by atoms with Crippen LogP contribution in [0.3, 0.4) is 0 Å². The summed E-state index contributed by atoms with van der Waals surface area (Å²) >= 11 is 0. The van der Waals surface area contributed by atoms with Crippen LogP contribution in [-0.4, -0.2) is 29.0 Å². The predicted octanol–water partition coefficient (Wildman–Crippen LogP) is 2.72. The van der Waals surface area contributed by atoms with E-state index in [2.05, 4.69) is 41.1 Å². The van der Waals surface area contributed by atoms with Crippen molar-refractivity contribution in [2.45, 2.75) is 31.8 Å². The number of aromatic nitrogens is 1. The average molecular weight is 255 g/mol. The molecule has 19 heavy (non-hydrogen) atoms.